The van der Waals surface area contributed by atoms with Crippen molar-refractivity contribution in [3.8, 4) is 0 Å². The van der Waals surface area contributed by atoms with Gasteiger partial charge < -0.3 is 20.9 Å². The van der Waals surface area contributed by atoms with Crippen LogP contribution in [0.4, 0.5) is 10.5 Å². The highest BCUT2D eigenvalue weighted by Crippen LogP contribution is 2.43. The zero-order chi connectivity index (χ0) is 27.0. The van der Waals surface area contributed by atoms with Crippen molar-refractivity contribution < 1.29 is 29.0 Å². The Morgan fingerprint density at radius 1 is 1.14 bits per heavy atom. The third-order valence-electron chi connectivity index (χ3n) is 6.22. The quantitative estimate of drug-likeness (QED) is 0.142. The fraction of sp³-hybridized carbons (Fsp3) is 0.538. The third-order valence-corrected chi connectivity index (χ3v) is 6.72. The molecule has 4 atom stereocenters. The van der Waals surface area contributed by atoms with Gasteiger partial charge in [-0.1, -0.05) is 36.9 Å². The molecule has 0 radical (unpaired) electrons. The van der Waals surface area contributed by atoms with E-state index in [1.165, 1.54) is 13.3 Å². The summed E-state index contributed by atoms with van der Waals surface area (Å²) in [7, 11) is 1.34. The number of hydrogen-bond donors (Lipinski definition) is 4. The van der Waals surface area contributed by atoms with Crippen molar-refractivity contribution in [3.05, 3.63) is 36.0 Å². The largest absolute Gasteiger partial charge is 0.531 e. The molecule has 0 spiro atoms. The van der Waals surface area contributed by atoms with Crippen molar-refractivity contribution in [1.29, 1.82) is 0 Å². The number of carbonyl (C=O) groups excluding carboxylic acids is 3. The molecule has 2 rings (SSSR count). The Kier molecular flexibility index (Phi) is 10.7. The zero-order valence-electron chi connectivity index (χ0n) is 21.4. The van der Waals surface area contributed by atoms with Crippen molar-refractivity contribution in [2.45, 2.75) is 76.6 Å². The number of carboxylic acid groups (broad SMARTS) is 1. The summed E-state index contributed by atoms with van der Waals surface area (Å²) in [5.74, 6) is -1.00. The topological polar surface area (TPSA) is 136 Å². The van der Waals surface area contributed by atoms with Gasteiger partial charge in [0.1, 0.15) is 12.2 Å². The molecule has 4 N–H and O–H groups in total. The first-order chi connectivity index (χ1) is 16.9. The third kappa shape index (κ3) is 6.96. The van der Waals surface area contributed by atoms with Gasteiger partial charge in [0.05, 0.1) is 12.4 Å². The monoisotopic (exact) mass is 520 g/mol. The second kappa shape index (κ2) is 13.0. The van der Waals surface area contributed by atoms with E-state index < -0.39 is 27.8 Å². The lowest BCUT2D eigenvalue weighted by molar-refractivity contribution is -0.140. The number of fused-ring (bicyclic) bond motifs is 1. The van der Waals surface area contributed by atoms with Crippen molar-refractivity contribution in [2.24, 2.45) is 11.7 Å². The zero-order valence-corrected chi connectivity index (χ0v) is 22.3. The molecule has 1 heterocycles. The summed E-state index contributed by atoms with van der Waals surface area (Å²) < 4.78 is 3.62. The number of amides is 3. The summed E-state index contributed by atoms with van der Waals surface area (Å²) in [5.41, 5.74) is 7.80. The average Bonchev–Trinajstić information content (AvgIpc) is 3.15. The molecule has 0 aliphatic carbocycles. The maximum Gasteiger partial charge on any atom is 0.531 e. The molecule has 0 aromatic heterocycles. The van der Waals surface area contributed by atoms with Crippen LogP contribution in [0.5, 0.6) is 0 Å². The van der Waals surface area contributed by atoms with Crippen LogP contribution in [-0.2, 0) is 19.1 Å². The number of carbonyl (C=O) groups is 4. The number of nitrogens with one attached hydrogen (secondary N) is 1. The summed E-state index contributed by atoms with van der Waals surface area (Å²) >= 11 is 4.39. The first-order valence-corrected chi connectivity index (χ1v) is 12.7. The minimum atomic E-state index is -1.32. The van der Waals surface area contributed by atoms with Gasteiger partial charge in [-0.2, -0.15) is 17.4 Å². The number of para-hydroxylation sites is 1. The van der Waals surface area contributed by atoms with Crippen LogP contribution >= 0.6 is 12.6 Å². The maximum atomic E-state index is 13.4. The second-order valence-corrected chi connectivity index (χ2v) is 10.3. The van der Waals surface area contributed by atoms with E-state index in [2.05, 4.69) is 22.7 Å². The van der Waals surface area contributed by atoms with E-state index in [1.54, 1.807) is 24.3 Å². The van der Waals surface area contributed by atoms with Crippen LogP contribution < -0.4 is 15.5 Å². The number of methoxy groups -OCH3 is 1. The average molecular weight is 521 g/mol. The summed E-state index contributed by atoms with van der Waals surface area (Å²) in [6.07, 6.45) is 2.89. The molecule has 1 aromatic carbocycles. The molecule has 1 aromatic rings. The van der Waals surface area contributed by atoms with Gasteiger partial charge >= 0.3 is 18.0 Å². The molecule has 10 heteroatoms. The summed E-state index contributed by atoms with van der Waals surface area (Å²) in [4.78, 5) is 49.8. The maximum absolute atomic E-state index is 13.4. The Morgan fingerprint density at radius 2 is 1.81 bits per heavy atom. The van der Waals surface area contributed by atoms with Crippen LogP contribution in [0.15, 0.2) is 30.5 Å². The number of nitrogens with two attached hydrogens (primary N) is 1. The number of hydrogen-bond acceptors (Lipinski definition) is 7. The fourth-order valence-electron chi connectivity index (χ4n) is 4.45. The van der Waals surface area contributed by atoms with Crippen molar-refractivity contribution in [1.82, 2.24) is 9.80 Å². The molecule has 3 amide bonds. The predicted octanol–water partition coefficient (Wildman–Crippen LogP) is 3.85. The van der Waals surface area contributed by atoms with Gasteiger partial charge in [-0.3, -0.25) is 9.59 Å². The Labute approximate surface area is 218 Å². The van der Waals surface area contributed by atoms with Gasteiger partial charge in [-0.25, -0.2) is 4.79 Å². The number of rotatable bonds is 12. The van der Waals surface area contributed by atoms with Crippen LogP contribution in [0, 0.1) is 5.92 Å². The van der Waals surface area contributed by atoms with Gasteiger partial charge in [0.15, 0.2) is 5.69 Å². The fourth-order valence-corrected chi connectivity index (χ4v) is 4.71. The van der Waals surface area contributed by atoms with Gasteiger partial charge in [0.2, 0.25) is 5.91 Å². The number of nitrogens with zero attached hydrogens (tertiary/aromatic N) is 1. The molecule has 36 heavy (non-hydrogen) atoms. The highest BCUT2D eigenvalue weighted by Gasteiger charge is 2.54. The molecule has 2 unspecified atom stereocenters. The minimum absolute atomic E-state index is 0.129. The number of benzene rings is 1. The SMILES string of the molecule is COC(=O)CCCCC(S)C(=O)N[C@H](C)CC1=C[N+](C(=O)O)(C(=O)[C@@H](N)CC(C)C)c2ccccc21. The van der Waals surface area contributed by atoms with Crippen molar-refractivity contribution in [3.63, 3.8) is 0 Å². The van der Waals surface area contributed by atoms with Gasteiger partial charge in [0.25, 0.3) is 0 Å². The molecule has 0 saturated carbocycles. The Morgan fingerprint density at radius 3 is 2.42 bits per heavy atom. The highest BCUT2D eigenvalue weighted by molar-refractivity contribution is 7.81. The lowest BCUT2D eigenvalue weighted by Crippen LogP contribution is -2.59. The number of esters is 1. The van der Waals surface area contributed by atoms with Crippen LogP contribution in [0.2, 0.25) is 0 Å². The number of thiol groups is 1. The number of quaternary nitrogens is 1. The predicted molar refractivity (Wildman–Crippen MR) is 142 cm³/mol. The second-order valence-electron chi connectivity index (χ2n) is 9.70. The van der Waals surface area contributed by atoms with E-state index in [0.29, 0.717) is 55.3 Å². The molecule has 0 bridgehead atoms. The van der Waals surface area contributed by atoms with E-state index in [-0.39, 0.29) is 23.8 Å². The summed E-state index contributed by atoms with van der Waals surface area (Å²) in [6, 6.07) is 5.62. The minimum Gasteiger partial charge on any atom is -0.469 e. The van der Waals surface area contributed by atoms with Crippen LogP contribution in [-0.4, -0.2) is 53.4 Å². The molecular formula is C26H38N3O6S+. The van der Waals surface area contributed by atoms with E-state index in [9.17, 15) is 24.3 Å². The van der Waals surface area contributed by atoms with Gasteiger partial charge in [-0.05, 0) is 44.6 Å². The Hall–Kier alpha value is -2.69. The number of imide groups is 1. The van der Waals surface area contributed by atoms with E-state index in [0.717, 1.165) is 0 Å². The van der Waals surface area contributed by atoms with E-state index in [1.807, 2.05) is 20.8 Å². The van der Waals surface area contributed by atoms with E-state index in [4.69, 9.17) is 5.73 Å². The molecule has 1 aliphatic rings. The summed E-state index contributed by atoms with van der Waals surface area (Å²) in [5, 5.41) is 12.6. The normalized spacial score (nSPS) is 19.1. The summed E-state index contributed by atoms with van der Waals surface area (Å²) in [6.45, 7) is 5.67. The molecular weight excluding hydrogens is 482 g/mol. The lowest BCUT2D eigenvalue weighted by Gasteiger charge is -2.26. The van der Waals surface area contributed by atoms with Gasteiger partial charge in [-0.15, -0.1) is 0 Å². The molecule has 1 aliphatic heterocycles. The lowest BCUT2D eigenvalue weighted by atomic mass is 10.0. The first kappa shape index (κ1) is 29.5. The molecule has 198 valence electrons. The first-order valence-electron chi connectivity index (χ1n) is 12.2. The van der Waals surface area contributed by atoms with E-state index >= 15 is 0 Å². The Bertz CT molecular complexity index is 1010. The number of unbranched alkanes of at least 4 members (excludes halogenated alkanes) is 1. The Balaban J connectivity index is 2.16. The van der Waals surface area contributed by atoms with Crippen LogP contribution in [0.3, 0.4) is 0 Å². The highest BCUT2D eigenvalue weighted by atomic mass is 32.1. The number of ether oxygens (including phenoxy) is 1. The standard InChI is InChI=1S/C26H37N3O6S/c1-16(2)13-20(27)25(32)29(26(33)34)15-18(19-9-5-6-10-21(19)29)14-17(3)28-24(31)22(36)11-7-8-12-23(30)35-4/h5-6,9-10,15-17,20,22H,7-8,11-14,27H2,1-4H3,(H2-,28,31,33,34,36)/p+1/t17-,20+,22?,29?/m1/s1. The molecule has 9 nitrogen and oxygen atoms in total. The van der Waals surface area contributed by atoms with Crippen molar-refractivity contribution >= 4 is 47.8 Å². The van der Waals surface area contributed by atoms with Gasteiger partial charge in [0, 0.05) is 29.7 Å². The van der Waals surface area contributed by atoms with Crippen LogP contribution in [0.25, 0.3) is 5.57 Å². The van der Waals surface area contributed by atoms with Crippen molar-refractivity contribution in [2.75, 3.05) is 7.11 Å². The smallest absolute Gasteiger partial charge is 0.469 e. The van der Waals surface area contributed by atoms with Crippen LogP contribution in [0.1, 0.15) is 64.9 Å². The molecule has 0 saturated heterocycles. The molecule has 0 fully saturated rings.